The number of carbonyl (C=O) groups is 3. The van der Waals surface area contributed by atoms with Gasteiger partial charge in [-0.3, -0.25) is 14.4 Å². The summed E-state index contributed by atoms with van der Waals surface area (Å²) in [6.07, 6.45) is 5.13. The summed E-state index contributed by atoms with van der Waals surface area (Å²) in [5.74, 6) is 0.313. The maximum Gasteiger partial charge on any atom is 0.238 e. The van der Waals surface area contributed by atoms with Gasteiger partial charge < -0.3 is 5.32 Å². The third kappa shape index (κ3) is 3.79. The van der Waals surface area contributed by atoms with Gasteiger partial charge in [0.25, 0.3) is 0 Å². The van der Waals surface area contributed by atoms with Gasteiger partial charge in [0.2, 0.25) is 17.7 Å². The second kappa shape index (κ2) is 8.60. The Morgan fingerprint density at radius 3 is 2.54 bits per heavy atom. The number of rotatable bonds is 6. The first-order valence-corrected chi connectivity index (χ1v) is 13.7. The highest BCUT2D eigenvalue weighted by Gasteiger charge is 2.59. The topological polar surface area (TPSA) is 79.4 Å². The minimum Gasteiger partial charge on any atom is -0.325 e. The molecular formula is C27H25N3O3S2. The SMILES string of the molecule is CC(C)c1ccccc1NC(=O)CSc1nc2ccc(N3C(=O)[C@@H]4[C@@H](C3=O)[C@H]3C=C[C@H]4C3)cc2s1. The lowest BCUT2D eigenvalue weighted by Gasteiger charge is -2.17. The van der Waals surface area contributed by atoms with Gasteiger partial charge in [-0.25, -0.2) is 9.88 Å². The smallest absolute Gasteiger partial charge is 0.238 e. The summed E-state index contributed by atoms with van der Waals surface area (Å²) < 4.78 is 1.68. The monoisotopic (exact) mass is 503 g/mol. The fraction of sp³-hybridized carbons (Fsp3) is 0.333. The van der Waals surface area contributed by atoms with Crippen LogP contribution in [0.1, 0.15) is 31.7 Å². The molecule has 3 aromatic rings. The third-order valence-corrected chi connectivity index (χ3v) is 9.43. The van der Waals surface area contributed by atoms with Crippen molar-refractivity contribution < 1.29 is 14.4 Å². The zero-order chi connectivity index (χ0) is 24.3. The van der Waals surface area contributed by atoms with E-state index in [9.17, 15) is 14.4 Å². The molecule has 6 rings (SSSR count). The van der Waals surface area contributed by atoms with Gasteiger partial charge in [0.1, 0.15) is 0 Å². The lowest BCUT2D eigenvalue weighted by atomic mass is 9.85. The Labute approximate surface area is 211 Å². The van der Waals surface area contributed by atoms with Crippen molar-refractivity contribution in [2.75, 3.05) is 16.0 Å². The van der Waals surface area contributed by atoms with Crippen LogP contribution in [-0.2, 0) is 14.4 Å². The van der Waals surface area contributed by atoms with Crippen molar-refractivity contribution in [3.8, 4) is 0 Å². The standard InChI is InChI=1S/C27H25N3O3S2/c1-14(2)18-5-3-4-6-19(18)28-22(31)13-34-27-29-20-10-9-17(12-21(20)35-27)30-25(32)23-15-7-8-16(11-15)24(23)26(30)33/h3-10,12,14-16,23-24H,11,13H2,1-2H3,(H,28,31)/t15-,16-,23-,24-/m0/s1. The molecule has 1 aromatic heterocycles. The normalized spacial score (nSPS) is 24.7. The van der Waals surface area contributed by atoms with Crippen LogP contribution in [0.2, 0.25) is 0 Å². The quantitative estimate of drug-likeness (QED) is 0.274. The summed E-state index contributed by atoms with van der Waals surface area (Å²) in [5.41, 5.74) is 3.37. The van der Waals surface area contributed by atoms with E-state index in [1.807, 2.05) is 36.4 Å². The Morgan fingerprint density at radius 2 is 1.83 bits per heavy atom. The molecule has 1 saturated carbocycles. The molecule has 2 heterocycles. The fourth-order valence-corrected chi connectivity index (χ4v) is 7.58. The number of hydrogen-bond donors (Lipinski definition) is 1. The maximum absolute atomic E-state index is 13.1. The molecule has 4 atom stereocenters. The number of amides is 3. The number of nitrogens with one attached hydrogen (secondary N) is 1. The van der Waals surface area contributed by atoms with Crippen molar-refractivity contribution in [3.63, 3.8) is 0 Å². The molecule has 6 nitrogen and oxygen atoms in total. The van der Waals surface area contributed by atoms with Gasteiger partial charge >= 0.3 is 0 Å². The molecule has 2 bridgehead atoms. The molecular weight excluding hydrogens is 478 g/mol. The molecule has 2 aliphatic carbocycles. The van der Waals surface area contributed by atoms with Gasteiger partial charge in [0.15, 0.2) is 4.34 Å². The average Bonchev–Trinajstić information content (AvgIpc) is 3.60. The third-order valence-electron chi connectivity index (χ3n) is 7.26. The molecule has 0 spiro atoms. The summed E-state index contributed by atoms with van der Waals surface area (Å²) in [5, 5.41) is 3.01. The van der Waals surface area contributed by atoms with Crippen LogP contribution >= 0.6 is 23.1 Å². The van der Waals surface area contributed by atoms with Crippen LogP contribution in [0.3, 0.4) is 0 Å². The van der Waals surface area contributed by atoms with E-state index >= 15 is 0 Å². The largest absolute Gasteiger partial charge is 0.325 e. The number of imide groups is 1. The number of nitrogens with zero attached hydrogens (tertiary/aromatic N) is 2. The summed E-state index contributed by atoms with van der Waals surface area (Å²) in [6, 6.07) is 13.4. The molecule has 35 heavy (non-hydrogen) atoms. The minimum atomic E-state index is -0.208. The van der Waals surface area contributed by atoms with E-state index in [0.29, 0.717) is 11.6 Å². The van der Waals surface area contributed by atoms with E-state index in [0.717, 1.165) is 32.2 Å². The molecule has 2 fully saturated rings. The van der Waals surface area contributed by atoms with Crippen LogP contribution in [0.4, 0.5) is 11.4 Å². The average molecular weight is 504 g/mol. The summed E-state index contributed by atoms with van der Waals surface area (Å²) >= 11 is 2.86. The first kappa shape index (κ1) is 22.5. The summed E-state index contributed by atoms with van der Waals surface area (Å²) in [6.45, 7) is 4.21. The van der Waals surface area contributed by atoms with Gasteiger partial charge in [-0.15, -0.1) is 11.3 Å². The number of allylic oxidation sites excluding steroid dienone is 2. The van der Waals surface area contributed by atoms with Crippen LogP contribution < -0.4 is 10.2 Å². The van der Waals surface area contributed by atoms with Crippen molar-refractivity contribution >= 4 is 62.4 Å². The molecule has 1 aliphatic heterocycles. The van der Waals surface area contributed by atoms with Crippen molar-refractivity contribution in [1.29, 1.82) is 0 Å². The molecule has 178 valence electrons. The second-order valence-electron chi connectivity index (χ2n) is 9.72. The van der Waals surface area contributed by atoms with E-state index in [1.54, 1.807) is 6.07 Å². The van der Waals surface area contributed by atoms with E-state index in [1.165, 1.54) is 28.0 Å². The summed E-state index contributed by atoms with van der Waals surface area (Å²) in [7, 11) is 0. The molecule has 0 unspecified atom stereocenters. The Bertz CT molecular complexity index is 1370. The highest BCUT2D eigenvalue weighted by atomic mass is 32.2. The highest BCUT2D eigenvalue weighted by Crippen LogP contribution is 2.53. The molecule has 1 N–H and O–H groups in total. The Balaban J connectivity index is 1.16. The van der Waals surface area contributed by atoms with Crippen LogP contribution in [0.25, 0.3) is 10.2 Å². The van der Waals surface area contributed by atoms with Crippen molar-refractivity contribution in [2.45, 2.75) is 30.5 Å². The van der Waals surface area contributed by atoms with Crippen molar-refractivity contribution in [3.05, 3.63) is 60.2 Å². The number of anilines is 2. The second-order valence-corrected chi connectivity index (χ2v) is 12.0. The molecule has 1 saturated heterocycles. The van der Waals surface area contributed by atoms with Crippen molar-refractivity contribution in [1.82, 2.24) is 4.98 Å². The zero-order valence-corrected chi connectivity index (χ0v) is 21.1. The highest BCUT2D eigenvalue weighted by molar-refractivity contribution is 8.01. The molecule has 8 heteroatoms. The van der Waals surface area contributed by atoms with Crippen LogP contribution in [0.5, 0.6) is 0 Å². The van der Waals surface area contributed by atoms with E-state index in [4.69, 9.17) is 0 Å². The number of thiazole rings is 1. The van der Waals surface area contributed by atoms with Crippen molar-refractivity contribution in [2.24, 2.45) is 23.7 Å². The van der Waals surface area contributed by atoms with Gasteiger partial charge in [-0.1, -0.05) is 56.0 Å². The lowest BCUT2D eigenvalue weighted by molar-refractivity contribution is -0.123. The van der Waals surface area contributed by atoms with E-state index < -0.39 is 0 Å². The van der Waals surface area contributed by atoms with Crippen LogP contribution in [-0.4, -0.2) is 28.5 Å². The van der Waals surface area contributed by atoms with Gasteiger partial charge in [0, 0.05) is 5.69 Å². The zero-order valence-electron chi connectivity index (χ0n) is 19.4. The molecule has 3 aliphatic rings. The first-order chi connectivity index (χ1) is 16.9. The number of hydrogen-bond acceptors (Lipinski definition) is 6. The number of fused-ring (bicyclic) bond motifs is 6. The number of carbonyl (C=O) groups excluding carboxylic acids is 3. The summed E-state index contributed by atoms with van der Waals surface area (Å²) in [4.78, 5) is 44.9. The maximum atomic E-state index is 13.1. The minimum absolute atomic E-state index is 0.0753. The lowest BCUT2D eigenvalue weighted by Crippen LogP contribution is -2.32. The van der Waals surface area contributed by atoms with Gasteiger partial charge in [-0.05, 0) is 54.0 Å². The Hall–Kier alpha value is -2.97. The fourth-order valence-electron chi connectivity index (χ4n) is 5.68. The van der Waals surface area contributed by atoms with Gasteiger partial charge in [-0.2, -0.15) is 0 Å². The van der Waals surface area contributed by atoms with E-state index in [2.05, 4.69) is 36.3 Å². The molecule has 3 amide bonds. The Kier molecular flexibility index (Phi) is 5.53. The first-order valence-electron chi connectivity index (χ1n) is 11.9. The predicted molar refractivity (Wildman–Crippen MR) is 140 cm³/mol. The van der Waals surface area contributed by atoms with Crippen LogP contribution in [0, 0.1) is 23.7 Å². The number of para-hydroxylation sites is 1. The molecule has 2 aromatic carbocycles. The van der Waals surface area contributed by atoms with Gasteiger partial charge in [0.05, 0.1) is 33.5 Å². The number of thioether (sulfide) groups is 1. The van der Waals surface area contributed by atoms with Crippen LogP contribution in [0.15, 0.2) is 59.0 Å². The predicted octanol–water partition coefficient (Wildman–Crippen LogP) is 5.46. The van der Waals surface area contributed by atoms with E-state index in [-0.39, 0.29) is 47.1 Å². The molecule has 0 radical (unpaired) electrons. The number of aromatic nitrogens is 1. The number of benzene rings is 2. The Morgan fingerprint density at radius 1 is 1.11 bits per heavy atom.